The zero-order valence-electron chi connectivity index (χ0n) is 6.28. The lowest BCUT2D eigenvalue weighted by Crippen LogP contribution is -1.92. The summed E-state index contributed by atoms with van der Waals surface area (Å²) in [5.74, 6) is 0.384. The van der Waals surface area contributed by atoms with E-state index in [2.05, 4.69) is 0 Å². The molecular weight excluding hydrogens is 182 g/mol. The van der Waals surface area contributed by atoms with Gasteiger partial charge < -0.3 is 4.42 Å². The second-order valence-corrected chi connectivity index (χ2v) is 2.56. The van der Waals surface area contributed by atoms with Gasteiger partial charge in [-0.3, -0.25) is 10.1 Å². The average Bonchev–Trinajstić information content (AvgIpc) is 2.35. The van der Waals surface area contributed by atoms with Crippen LogP contribution in [0.4, 0.5) is 0 Å². The number of hydrogen-bond donors (Lipinski definition) is 0. The molecule has 0 spiro atoms. The van der Waals surface area contributed by atoms with E-state index >= 15 is 0 Å². The zero-order chi connectivity index (χ0) is 9.14. The van der Waals surface area contributed by atoms with Gasteiger partial charge in [-0.05, 0) is 23.7 Å². The molecule has 64 valence electrons. The van der Waals surface area contributed by atoms with Crippen LogP contribution in [-0.2, 0) is 0 Å². The molecule has 0 aliphatic heterocycles. The highest BCUT2D eigenvalue weighted by molar-refractivity contribution is 6.28. The van der Waals surface area contributed by atoms with Crippen LogP contribution < -0.4 is 0 Å². The van der Waals surface area contributed by atoms with Gasteiger partial charge in [0.15, 0.2) is 5.22 Å². The van der Waals surface area contributed by atoms with E-state index in [9.17, 15) is 10.1 Å². The standard InChI is InChI=1S/C7H6ClNO3/c1-5(9(10)11)4-6-2-3-7(8)12-6/h2-4H,1H3. The van der Waals surface area contributed by atoms with E-state index in [0.717, 1.165) is 0 Å². The second kappa shape index (κ2) is 3.40. The van der Waals surface area contributed by atoms with Crippen molar-refractivity contribution in [2.24, 2.45) is 0 Å². The van der Waals surface area contributed by atoms with Crippen LogP contribution in [0.15, 0.2) is 22.2 Å². The van der Waals surface area contributed by atoms with Gasteiger partial charge in [-0.25, -0.2) is 0 Å². The summed E-state index contributed by atoms with van der Waals surface area (Å²) in [6.07, 6.45) is 1.31. The molecule has 0 saturated heterocycles. The van der Waals surface area contributed by atoms with Crippen molar-refractivity contribution in [2.75, 3.05) is 0 Å². The van der Waals surface area contributed by atoms with Crippen molar-refractivity contribution >= 4 is 17.7 Å². The fourth-order valence-corrected chi connectivity index (χ4v) is 0.817. The maximum absolute atomic E-state index is 10.2. The first kappa shape index (κ1) is 8.80. The van der Waals surface area contributed by atoms with Crippen LogP contribution in [0.25, 0.3) is 6.08 Å². The maximum atomic E-state index is 10.2. The SMILES string of the molecule is CC(=Cc1ccc(Cl)o1)[N+](=O)[O-]. The first-order chi connectivity index (χ1) is 5.59. The number of furan rings is 1. The van der Waals surface area contributed by atoms with Gasteiger partial charge in [-0.15, -0.1) is 0 Å². The minimum atomic E-state index is -0.490. The third kappa shape index (κ3) is 2.10. The smallest absolute Gasteiger partial charge is 0.246 e. The molecule has 0 N–H and O–H groups in total. The fourth-order valence-electron chi connectivity index (χ4n) is 0.664. The molecule has 0 saturated carbocycles. The van der Waals surface area contributed by atoms with Crippen LogP contribution in [-0.4, -0.2) is 4.92 Å². The number of nitro groups is 1. The Bertz CT molecular complexity index is 329. The van der Waals surface area contributed by atoms with Gasteiger partial charge >= 0.3 is 0 Å². The molecule has 0 aliphatic rings. The summed E-state index contributed by atoms with van der Waals surface area (Å²) in [6, 6.07) is 3.09. The normalized spacial score (nSPS) is 11.7. The van der Waals surface area contributed by atoms with Crippen molar-refractivity contribution in [3.8, 4) is 0 Å². The summed E-state index contributed by atoms with van der Waals surface area (Å²) in [5, 5.41) is 10.4. The molecule has 0 aliphatic carbocycles. The molecule has 0 amide bonds. The van der Waals surface area contributed by atoms with E-state index in [1.807, 2.05) is 0 Å². The molecule has 1 aromatic heterocycles. The first-order valence-corrected chi connectivity index (χ1v) is 3.55. The number of nitrogens with zero attached hydrogens (tertiary/aromatic N) is 1. The van der Waals surface area contributed by atoms with Crippen molar-refractivity contribution < 1.29 is 9.34 Å². The van der Waals surface area contributed by atoms with Crippen molar-refractivity contribution in [1.82, 2.24) is 0 Å². The first-order valence-electron chi connectivity index (χ1n) is 3.17. The summed E-state index contributed by atoms with van der Waals surface area (Å²) in [6.45, 7) is 1.39. The predicted molar refractivity (Wildman–Crippen MR) is 44.4 cm³/mol. The highest BCUT2D eigenvalue weighted by Gasteiger charge is 2.04. The van der Waals surface area contributed by atoms with Gasteiger partial charge in [0.25, 0.3) is 0 Å². The summed E-state index contributed by atoms with van der Waals surface area (Å²) in [5.41, 5.74) is 0.0148. The Morgan fingerprint density at radius 3 is 2.83 bits per heavy atom. The Hall–Kier alpha value is -1.29. The minimum Gasteiger partial charge on any atom is -0.445 e. The van der Waals surface area contributed by atoms with Crippen molar-refractivity contribution in [2.45, 2.75) is 6.92 Å². The quantitative estimate of drug-likeness (QED) is 0.528. The molecule has 0 atom stereocenters. The fraction of sp³-hybridized carbons (Fsp3) is 0.143. The lowest BCUT2D eigenvalue weighted by atomic mass is 10.4. The van der Waals surface area contributed by atoms with Gasteiger partial charge in [0.1, 0.15) is 5.76 Å². The molecular formula is C7H6ClNO3. The highest BCUT2D eigenvalue weighted by Crippen LogP contribution is 2.15. The van der Waals surface area contributed by atoms with Crippen LogP contribution in [0.2, 0.25) is 5.22 Å². The minimum absolute atomic E-state index is 0.0148. The Labute approximate surface area is 73.6 Å². The van der Waals surface area contributed by atoms with Crippen molar-refractivity contribution in [1.29, 1.82) is 0 Å². The van der Waals surface area contributed by atoms with Crippen LogP contribution >= 0.6 is 11.6 Å². The van der Waals surface area contributed by atoms with E-state index < -0.39 is 4.92 Å². The third-order valence-corrected chi connectivity index (χ3v) is 1.44. The lowest BCUT2D eigenvalue weighted by molar-refractivity contribution is -0.422. The molecule has 1 rings (SSSR count). The Kier molecular flexibility index (Phi) is 2.50. The monoisotopic (exact) mass is 187 g/mol. The molecule has 4 nitrogen and oxygen atoms in total. The Balaban J connectivity index is 2.87. The van der Waals surface area contributed by atoms with E-state index in [-0.39, 0.29) is 10.9 Å². The number of halogens is 1. The van der Waals surface area contributed by atoms with Gasteiger partial charge in [-0.1, -0.05) is 0 Å². The topological polar surface area (TPSA) is 56.3 Å². The van der Waals surface area contributed by atoms with Crippen molar-refractivity contribution in [3.05, 3.63) is 38.9 Å². The summed E-state index contributed by atoms with van der Waals surface area (Å²) in [4.78, 5) is 9.68. The van der Waals surface area contributed by atoms with E-state index in [0.29, 0.717) is 5.76 Å². The summed E-state index contributed by atoms with van der Waals surface area (Å²) >= 11 is 5.46. The molecule has 0 radical (unpaired) electrons. The number of rotatable bonds is 2. The summed E-state index contributed by atoms with van der Waals surface area (Å²) < 4.78 is 4.89. The second-order valence-electron chi connectivity index (χ2n) is 2.18. The molecule has 1 heterocycles. The molecule has 0 aromatic carbocycles. The predicted octanol–water partition coefficient (Wildman–Crippen LogP) is 2.57. The molecule has 0 fully saturated rings. The third-order valence-electron chi connectivity index (χ3n) is 1.23. The molecule has 5 heteroatoms. The van der Waals surface area contributed by atoms with E-state index in [1.54, 1.807) is 6.07 Å². The Morgan fingerprint density at radius 1 is 1.75 bits per heavy atom. The van der Waals surface area contributed by atoms with Crippen LogP contribution in [0.3, 0.4) is 0 Å². The van der Waals surface area contributed by atoms with Gasteiger partial charge in [0.05, 0.1) is 11.0 Å². The Morgan fingerprint density at radius 2 is 2.42 bits per heavy atom. The van der Waals surface area contributed by atoms with Gasteiger partial charge in [0, 0.05) is 6.92 Å². The average molecular weight is 188 g/mol. The largest absolute Gasteiger partial charge is 0.445 e. The van der Waals surface area contributed by atoms with Crippen LogP contribution in [0.1, 0.15) is 12.7 Å². The lowest BCUT2D eigenvalue weighted by Gasteiger charge is -1.86. The van der Waals surface area contributed by atoms with Gasteiger partial charge in [0.2, 0.25) is 5.70 Å². The zero-order valence-corrected chi connectivity index (χ0v) is 7.04. The maximum Gasteiger partial charge on any atom is 0.246 e. The van der Waals surface area contributed by atoms with Crippen molar-refractivity contribution in [3.63, 3.8) is 0 Å². The van der Waals surface area contributed by atoms with Crippen LogP contribution in [0, 0.1) is 10.1 Å². The van der Waals surface area contributed by atoms with E-state index in [1.165, 1.54) is 19.1 Å². The number of hydrogen-bond acceptors (Lipinski definition) is 3. The molecule has 12 heavy (non-hydrogen) atoms. The highest BCUT2D eigenvalue weighted by atomic mass is 35.5. The molecule has 1 aromatic rings. The molecule has 0 bridgehead atoms. The van der Waals surface area contributed by atoms with Gasteiger partial charge in [-0.2, -0.15) is 0 Å². The van der Waals surface area contributed by atoms with Crippen LogP contribution in [0.5, 0.6) is 0 Å². The molecule has 0 unspecified atom stereocenters. The van der Waals surface area contributed by atoms with E-state index in [4.69, 9.17) is 16.0 Å². The number of allylic oxidation sites excluding steroid dienone is 1. The summed E-state index contributed by atoms with van der Waals surface area (Å²) in [7, 11) is 0.